The molecule has 17 heavy (non-hydrogen) atoms. The molecule has 94 valence electrons. The second-order valence-electron chi connectivity index (χ2n) is 3.37. The smallest absolute Gasteiger partial charge is 0.329 e. The first-order valence-corrected chi connectivity index (χ1v) is 6.18. The van der Waals surface area contributed by atoms with Crippen molar-refractivity contribution in [3.8, 4) is 5.75 Å². The summed E-state index contributed by atoms with van der Waals surface area (Å²) in [4.78, 5) is 11.5. The molecule has 0 aromatic heterocycles. The van der Waals surface area contributed by atoms with Crippen molar-refractivity contribution >= 4 is 17.0 Å². The van der Waals surface area contributed by atoms with Gasteiger partial charge in [-0.2, -0.15) is 8.42 Å². The van der Waals surface area contributed by atoms with Gasteiger partial charge in [0.05, 0.1) is 13.0 Å². The largest absolute Gasteiger partial charge is 0.497 e. The minimum absolute atomic E-state index is 0.467. The van der Waals surface area contributed by atoms with Crippen LogP contribution >= 0.6 is 0 Å². The molecule has 1 atom stereocenters. The molecular weight excluding hydrogens is 244 g/mol. The van der Waals surface area contributed by atoms with Crippen molar-refractivity contribution in [1.29, 1.82) is 0 Å². The summed E-state index contributed by atoms with van der Waals surface area (Å²) in [6.45, 7) is 1.79. The average Bonchev–Trinajstić information content (AvgIpc) is 2.30. The summed E-state index contributed by atoms with van der Waals surface area (Å²) in [5.74, 6) is -0.658. The van der Waals surface area contributed by atoms with Gasteiger partial charge < -0.3 is 8.92 Å². The van der Waals surface area contributed by atoms with Crippen LogP contribution in [0.3, 0.4) is 0 Å². The number of thiol groups is 1. The maximum atomic E-state index is 11.5. The zero-order valence-corrected chi connectivity index (χ0v) is 10.5. The lowest BCUT2D eigenvalue weighted by atomic mass is 9.97. The number of ether oxygens (including phenoxy) is 1. The van der Waals surface area contributed by atoms with Gasteiger partial charge >= 0.3 is 17.0 Å². The highest BCUT2D eigenvalue weighted by Gasteiger charge is 2.21. The molecular formula is C11H14O5S. The Balaban J connectivity index is 2.88. The Hall–Kier alpha value is -1.56. The van der Waals surface area contributed by atoms with Crippen LogP contribution in [-0.2, 0) is 20.0 Å². The minimum atomic E-state index is -3.15. The van der Waals surface area contributed by atoms with Crippen molar-refractivity contribution in [3.63, 3.8) is 0 Å². The predicted molar refractivity (Wildman–Crippen MR) is 62.4 cm³/mol. The first-order valence-electron chi connectivity index (χ1n) is 5.08. The third kappa shape index (κ3) is 3.74. The summed E-state index contributed by atoms with van der Waals surface area (Å²) in [6, 6.07) is 6.85. The van der Waals surface area contributed by atoms with Crippen LogP contribution in [0, 0.1) is 0 Å². The van der Waals surface area contributed by atoms with E-state index in [0.717, 1.165) is 0 Å². The fourth-order valence-corrected chi connectivity index (χ4v) is 1.79. The fourth-order valence-electron chi connectivity index (χ4n) is 1.51. The summed E-state index contributed by atoms with van der Waals surface area (Å²) in [5.41, 5.74) is 0.704. The van der Waals surface area contributed by atoms with Crippen LogP contribution in [0.1, 0.15) is 24.8 Å². The molecule has 0 radical (unpaired) electrons. The van der Waals surface area contributed by atoms with Gasteiger partial charge in [-0.05, 0) is 24.1 Å². The van der Waals surface area contributed by atoms with Crippen molar-refractivity contribution < 1.29 is 22.1 Å². The van der Waals surface area contributed by atoms with E-state index in [4.69, 9.17) is 4.74 Å². The van der Waals surface area contributed by atoms with E-state index in [2.05, 4.69) is 4.18 Å². The fraction of sp³-hybridized carbons (Fsp3) is 0.364. The van der Waals surface area contributed by atoms with Gasteiger partial charge in [-0.3, -0.25) is 4.79 Å². The zero-order chi connectivity index (χ0) is 12.8. The topological polar surface area (TPSA) is 69.7 Å². The number of hydrogen-bond acceptors (Lipinski definition) is 5. The molecule has 0 aliphatic heterocycles. The standard InChI is InChI=1S/C11H14O5S/c1-3-10(11(12)16-17(13)14)8-4-6-9(15-2)7-5-8/h4-7,10,17H,3H2,1-2H3. The molecule has 1 aromatic carbocycles. The number of methoxy groups -OCH3 is 1. The second kappa shape index (κ2) is 6.24. The maximum Gasteiger partial charge on any atom is 0.329 e. The average molecular weight is 258 g/mol. The minimum Gasteiger partial charge on any atom is -0.497 e. The molecule has 1 rings (SSSR count). The van der Waals surface area contributed by atoms with E-state index in [1.54, 1.807) is 38.3 Å². The van der Waals surface area contributed by atoms with Crippen molar-refractivity contribution in [1.82, 2.24) is 0 Å². The first-order chi connectivity index (χ1) is 8.08. The lowest BCUT2D eigenvalue weighted by Gasteiger charge is -2.12. The second-order valence-corrected chi connectivity index (χ2v) is 4.00. The molecule has 0 fully saturated rings. The van der Waals surface area contributed by atoms with Crippen LogP contribution < -0.4 is 4.74 Å². The Morgan fingerprint density at radius 2 is 1.88 bits per heavy atom. The first kappa shape index (κ1) is 13.5. The van der Waals surface area contributed by atoms with Crippen molar-refractivity contribution in [2.24, 2.45) is 0 Å². The molecule has 0 saturated carbocycles. The molecule has 0 saturated heterocycles. The summed E-state index contributed by atoms with van der Waals surface area (Å²) >= 11 is 0. The third-order valence-corrected chi connectivity index (χ3v) is 2.70. The van der Waals surface area contributed by atoms with Crippen LogP contribution in [0.4, 0.5) is 0 Å². The van der Waals surface area contributed by atoms with Crippen LogP contribution in [0.5, 0.6) is 5.75 Å². The molecule has 0 spiro atoms. The SMILES string of the molecule is CCC(C(=O)O[SH](=O)=O)c1ccc(OC)cc1. The molecule has 0 aliphatic carbocycles. The van der Waals surface area contributed by atoms with E-state index >= 15 is 0 Å². The van der Waals surface area contributed by atoms with Gasteiger partial charge in [0.25, 0.3) is 0 Å². The molecule has 0 heterocycles. The van der Waals surface area contributed by atoms with Gasteiger partial charge in [-0.1, -0.05) is 19.1 Å². The molecule has 0 amide bonds. The summed E-state index contributed by atoms with van der Waals surface area (Å²) in [7, 11) is -1.61. The van der Waals surface area contributed by atoms with Gasteiger partial charge in [0, 0.05) is 0 Å². The van der Waals surface area contributed by atoms with Crippen LogP contribution in [-0.4, -0.2) is 21.5 Å². The monoisotopic (exact) mass is 258 g/mol. The molecule has 0 aliphatic rings. The van der Waals surface area contributed by atoms with E-state index in [-0.39, 0.29) is 0 Å². The Labute approximate surface area is 102 Å². The Bertz CT molecular complexity index is 441. The van der Waals surface area contributed by atoms with Crippen molar-refractivity contribution in [2.45, 2.75) is 19.3 Å². The van der Waals surface area contributed by atoms with Gasteiger partial charge in [0.1, 0.15) is 5.75 Å². The van der Waals surface area contributed by atoms with E-state index in [1.165, 1.54) is 0 Å². The molecule has 0 bridgehead atoms. The zero-order valence-electron chi connectivity index (χ0n) is 9.58. The van der Waals surface area contributed by atoms with Crippen LogP contribution in [0.25, 0.3) is 0 Å². The number of rotatable bonds is 5. The Kier molecular flexibility index (Phi) is 4.96. The number of carbonyl (C=O) groups is 1. The maximum absolute atomic E-state index is 11.5. The lowest BCUT2D eigenvalue weighted by molar-refractivity contribution is -0.135. The van der Waals surface area contributed by atoms with E-state index < -0.39 is 22.9 Å². The molecule has 6 heteroatoms. The predicted octanol–water partition coefficient (Wildman–Crippen LogP) is 1.26. The normalized spacial score (nSPS) is 12.2. The van der Waals surface area contributed by atoms with E-state index in [9.17, 15) is 13.2 Å². The quantitative estimate of drug-likeness (QED) is 0.805. The van der Waals surface area contributed by atoms with E-state index in [0.29, 0.717) is 17.7 Å². The summed E-state index contributed by atoms with van der Waals surface area (Å²) < 4.78 is 29.9. The van der Waals surface area contributed by atoms with Crippen molar-refractivity contribution in [2.75, 3.05) is 7.11 Å². The molecule has 1 aromatic rings. The van der Waals surface area contributed by atoms with Gasteiger partial charge in [-0.15, -0.1) is 0 Å². The van der Waals surface area contributed by atoms with Gasteiger partial charge in [0.2, 0.25) is 0 Å². The Morgan fingerprint density at radius 3 is 2.29 bits per heavy atom. The number of hydrogen-bond donors (Lipinski definition) is 1. The highest BCUT2D eigenvalue weighted by Crippen LogP contribution is 2.23. The number of benzene rings is 1. The highest BCUT2D eigenvalue weighted by atomic mass is 32.2. The highest BCUT2D eigenvalue weighted by molar-refractivity contribution is 7.67. The molecule has 0 N–H and O–H groups in total. The summed E-state index contributed by atoms with van der Waals surface area (Å²) in [5, 5.41) is 0. The molecule has 5 nitrogen and oxygen atoms in total. The number of carbonyl (C=O) groups excluding carboxylic acids is 1. The van der Waals surface area contributed by atoms with Crippen LogP contribution in [0.2, 0.25) is 0 Å². The molecule has 1 unspecified atom stereocenters. The van der Waals surface area contributed by atoms with Gasteiger partial charge in [0.15, 0.2) is 0 Å². The summed E-state index contributed by atoms with van der Waals surface area (Å²) in [6.07, 6.45) is 0.467. The van der Waals surface area contributed by atoms with E-state index in [1.807, 2.05) is 0 Å². The Morgan fingerprint density at radius 1 is 1.29 bits per heavy atom. The van der Waals surface area contributed by atoms with Crippen molar-refractivity contribution in [3.05, 3.63) is 29.8 Å². The van der Waals surface area contributed by atoms with Gasteiger partial charge in [-0.25, -0.2) is 0 Å². The third-order valence-electron chi connectivity index (χ3n) is 2.38. The van der Waals surface area contributed by atoms with Crippen LogP contribution in [0.15, 0.2) is 24.3 Å². The lowest BCUT2D eigenvalue weighted by Crippen LogP contribution is -2.14.